The molecule has 1 aromatic heterocycles. The number of halogens is 1. The normalized spacial score (nSPS) is 26.1. The largest absolute Gasteiger partial charge is 0.467 e. The molecule has 1 aliphatic heterocycles. The zero-order valence-corrected chi connectivity index (χ0v) is 14.6. The molecule has 2 amide bonds. The van der Waals surface area contributed by atoms with Gasteiger partial charge in [0.1, 0.15) is 11.9 Å². The lowest BCUT2D eigenvalue weighted by Crippen LogP contribution is -2.52. The first-order chi connectivity index (χ1) is 12.2. The Balaban J connectivity index is 1.28. The summed E-state index contributed by atoms with van der Waals surface area (Å²) in [6, 6.07) is 11.9. The number of urea groups is 1. The number of nitrogens with zero attached hydrogens (tertiary/aromatic N) is 1. The minimum atomic E-state index is -0.185. The molecule has 0 radical (unpaired) electrons. The second-order valence-electron chi connectivity index (χ2n) is 6.69. The Kier molecular flexibility index (Phi) is 4.68. The molecule has 1 N–H and O–H groups in total. The molecule has 1 saturated heterocycles. The molecule has 6 heteroatoms. The quantitative estimate of drug-likeness (QED) is 0.901. The highest BCUT2D eigenvalue weighted by Crippen LogP contribution is 2.37. The molecule has 2 fully saturated rings. The number of rotatable bonds is 3. The van der Waals surface area contributed by atoms with Crippen LogP contribution < -0.4 is 5.32 Å². The van der Waals surface area contributed by atoms with E-state index in [-0.39, 0.29) is 18.2 Å². The Labute approximate surface area is 151 Å². The summed E-state index contributed by atoms with van der Waals surface area (Å²) < 4.78 is 11.1. The minimum Gasteiger partial charge on any atom is -0.467 e. The number of nitrogens with one attached hydrogen (secondary N) is 1. The van der Waals surface area contributed by atoms with Gasteiger partial charge in [-0.1, -0.05) is 23.7 Å². The maximum absolute atomic E-state index is 12.5. The van der Waals surface area contributed by atoms with Crippen LogP contribution in [0, 0.1) is 0 Å². The van der Waals surface area contributed by atoms with E-state index in [1.807, 2.05) is 35.2 Å². The van der Waals surface area contributed by atoms with Crippen LogP contribution in [0.25, 0.3) is 0 Å². The van der Waals surface area contributed by atoms with Gasteiger partial charge in [0.05, 0.1) is 19.4 Å². The third-order valence-electron chi connectivity index (χ3n) is 5.00. The molecule has 1 atom stereocenters. The van der Waals surface area contributed by atoms with E-state index < -0.39 is 0 Å². The highest BCUT2D eigenvalue weighted by atomic mass is 35.5. The number of benzene rings is 1. The van der Waals surface area contributed by atoms with E-state index in [4.69, 9.17) is 20.8 Å². The summed E-state index contributed by atoms with van der Waals surface area (Å²) in [6.07, 6.45) is 3.35. The summed E-state index contributed by atoms with van der Waals surface area (Å²) in [5.74, 6) is 1.24. The second kappa shape index (κ2) is 7.10. The van der Waals surface area contributed by atoms with E-state index in [0.717, 1.165) is 23.6 Å². The maximum Gasteiger partial charge on any atom is 0.317 e. The average molecular weight is 361 g/mol. The summed E-state index contributed by atoms with van der Waals surface area (Å²) in [4.78, 5) is 14.3. The van der Waals surface area contributed by atoms with Crippen LogP contribution in [0.2, 0.25) is 5.02 Å². The van der Waals surface area contributed by atoms with Crippen molar-refractivity contribution in [3.8, 4) is 0 Å². The molecule has 132 valence electrons. The van der Waals surface area contributed by atoms with Gasteiger partial charge in [0, 0.05) is 17.6 Å². The number of carbonyl (C=O) groups excluding carboxylic acids is 1. The molecule has 0 spiro atoms. The van der Waals surface area contributed by atoms with Crippen LogP contribution in [-0.2, 0) is 4.74 Å². The number of carbonyl (C=O) groups is 1. The van der Waals surface area contributed by atoms with Gasteiger partial charge in [-0.15, -0.1) is 0 Å². The second-order valence-corrected chi connectivity index (χ2v) is 7.13. The SMILES string of the molecule is O=C(NC1CC(c2cccc(Cl)c2)C1)N1CCOC(c2ccco2)C1. The van der Waals surface area contributed by atoms with Crippen LogP contribution in [0.15, 0.2) is 47.1 Å². The summed E-state index contributed by atoms with van der Waals surface area (Å²) >= 11 is 6.05. The molecule has 4 rings (SSSR count). The Morgan fingerprint density at radius 2 is 2.12 bits per heavy atom. The standard InChI is InChI=1S/C19H21ClN2O3/c20-15-4-1-3-13(9-15)14-10-16(11-14)21-19(23)22-6-8-25-18(12-22)17-5-2-7-24-17/h1-5,7,9,14,16,18H,6,8,10-12H2,(H,21,23). The van der Waals surface area contributed by atoms with Gasteiger partial charge in [0.15, 0.2) is 0 Å². The monoisotopic (exact) mass is 360 g/mol. The first-order valence-corrected chi connectivity index (χ1v) is 9.03. The van der Waals surface area contributed by atoms with Crippen molar-refractivity contribution in [2.75, 3.05) is 19.7 Å². The van der Waals surface area contributed by atoms with Crippen LogP contribution in [0.3, 0.4) is 0 Å². The lowest BCUT2D eigenvalue weighted by Gasteiger charge is -2.39. The van der Waals surface area contributed by atoms with Crippen molar-refractivity contribution in [2.24, 2.45) is 0 Å². The van der Waals surface area contributed by atoms with Crippen molar-refractivity contribution in [2.45, 2.75) is 30.9 Å². The number of ether oxygens (including phenoxy) is 1. The van der Waals surface area contributed by atoms with Gasteiger partial charge < -0.3 is 19.4 Å². The van der Waals surface area contributed by atoms with Crippen LogP contribution in [0.5, 0.6) is 0 Å². The number of hydrogen-bond acceptors (Lipinski definition) is 3. The van der Waals surface area contributed by atoms with Gasteiger partial charge in [-0.05, 0) is 48.6 Å². The zero-order chi connectivity index (χ0) is 17.2. The fourth-order valence-electron chi connectivity index (χ4n) is 3.51. The summed E-state index contributed by atoms with van der Waals surface area (Å²) in [7, 11) is 0. The minimum absolute atomic E-state index is 0.0191. The van der Waals surface area contributed by atoms with Crippen LogP contribution in [0.4, 0.5) is 4.79 Å². The van der Waals surface area contributed by atoms with E-state index in [9.17, 15) is 4.79 Å². The van der Waals surface area contributed by atoms with Gasteiger partial charge in [0.25, 0.3) is 0 Å². The first-order valence-electron chi connectivity index (χ1n) is 8.65. The molecule has 0 bridgehead atoms. The van der Waals surface area contributed by atoms with Crippen LogP contribution in [-0.4, -0.2) is 36.7 Å². The fraction of sp³-hybridized carbons (Fsp3) is 0.421. The lowest BCUT2D eigenvalue weighted by molar-refractivity contribution is -0.0267. The highest BCUT2D eigenvalue weighted by Gasteiger charge is 2.34. The molecular formula is C19H21ClN2O3. The molecule has 2 aliphatic rings. The van der Waals surface area contributed by atoms with E-state index in [2.05, 4.69) is 11.4 Å². The first kappa shape index (κ1) is 16.5. The van der Waals surface area contributed by atoms with E-state index in [1.165, 1.54) is 5.56 Å². The number of hydrogen-bond donors (Lipinski definition) is 1. The Morgan fingerprint density at radius 1 is 1.24 bits per heavy atom. The molecule has 2 heterocycles. The average Bonchev–Trinajstić information content (AvgIpc) is 3.12. The predicted octanol–water partition coefficient (Wildman–Crippen LogP) is 3.96. The maximum atomic E-state index is 12.5. The van der Waals surface area contributed by atoms with E-state index in [0.29, 0.717) is 25.6 Å². The zero-order valence-electron chi connectivity index (χ0n) is 13.9. The van der Waals surface area contributed by atoms with Gasteiger partial charge >= 0.3 is 6.03 Å². The van der Waals surface area contributed by atoms with Gasteiger partial charge in [0.2, 0.25) is 0 Å². The Morgan fingerprint density at radius 3 is 2.88 bits per heavy atom. The van der Waals surface area contributed by atoms with Crippen LogP contribution in [0.1, 0.15) is 36.2 Å². The summed E-state index contributed by atoms with van der Waals surface area (Å²) in [5, 5.41) is 3.90. The Bertz CT molecular complexity index is 728. The Hall–Kier alpha value is -1.98. The smallest absolute Gasteiger partial charge is 0.317 e. The summed E-state index contributed by atoms with van der Waals surface area (Å²) in [5.41, 5.74) is 1.25. The number of morpholine rings is 1. The molecule has 1 saturated carbocycles. The summed E-state index contributed by atoms with van der Waals surface area (Å²) in [6.45, 7) is 1.64. The van der Waals surface area contributed by atoms with Crippen molar-refractivity contribution in [1.29, 1.82) is 0 Å². The molecular weight excluding hydrogens is 340 g/mol. The molecule has 1 aromatic carbocycles. The lowest BCUT2D eigenvalue weighted by atomic mass is 9.76. The van der Waals surface area contributed by atoms with Gasteiger partial charge in [-0.25, -0.2) is 4.79 Å². The predicted molar refractivity (Wildman–Crippen MR) is 94.7 cm³/mol. The molecule has 1 aliphatic carbocycles. The van der Waals surface area contributed by atoms with Crippen molar-refractivity contribution < 1.29 is 13.9 Å². The van der Waals surface area contributed by atoms with Crippen molar-refractivity contribution in [3.05, 3.63) is 59.0 Å². The highest BCUT2D eigenvalue weighted by molar-refractivity contribution is 6.30. The van der Waals surface area contributed by atoms with Gasteiger partial charge in [-0.2, -0.15) is 0 Å². The molecule has 2 aromatic rings. The van der Waals surface area contributed by atoms with E-state index >= 15 is 0 Å². The van der Waals surface area contributed by atoms with Crippen molar-refractivity contribution in [1.82, 2.24) is 10.2 Å². The number of amides is 2. The topological polar surface area (TPSA) is 54.7 Å². The fourth-order valence-corrected chi connectivity index (χ4v) is 3.71. The van der Waals surface area contributed by atoms with E-state index in [1.54, 1.807) is 6.26 Å². The van der Waals surface area contributed by atoms with Crippen molar-refractivity contribution >= 4 is 17.6 Å². The third kappa shape index (κ3) is 3.67. The number of furan rings is 1. The van der Waals surface area contributed by atoms with Crippen molar-refractivity contribution in [3.63, 3.8) is 0 Å². The molecule has 25 heavy (non-hydrogen) atoms. The third-order valence-corrected chi connectivity index (χ3v) is 5.24. The molecule has 5 nitrogen and oxygen atoms in total. The van der Waals surface area contributed by atoms with Gasteiger partial charge in [-0.3, -0.25) is 0 Å². The van der Waals surface area contributed by atoms with Crippen LogP contribution >= 0.6 is 11.6 Å². The molecule has 1 unspecified atom stereocenters.